The van der Waals surface area contributed by atoms with Crippen molar-refractivity contribution in [3.8, 4) is 5.75 Å². The van der Waals surface area contributed by atoms with Crippen molar-refractivity contribution in [2.75, 3.05) is 33.8 Å². The van der Waals surface area contributed by atoms with Crippen LogP contribution in [0.1, 0.15) is 31.7 Å². The highest BCUT2D eigenvalue weighted by Gasteiger charge is 2.26. The number of ether oxygens (including phenoxy) is 1. The van der Waals surface area contributed by atoms with Gasteiger partial charge in [0, 0.05) is 33.2 Å². The summed E-state index contributed by atoms with van der Waals surface area (Å²) in [6.07, 6.45) is 3.33. The van der Waals surface area contributed by atoms with Gasteiger partial charge in [0.1, 0.15) is 5.75 Å². The topological polar surface area (TPSA) is 79.0 Å². The Morgan fingerprint density at radius 1 is 1.23 bits per heavy atom. The third-order valence-corrected chi connectivity index (χ3v) is 6.06. The van der Waals surface area contributed by atoms with Crippen molar-refractivity contribution in [3.63, 3.8) is 0 Å². The lowest BCUT2D eigenvalue weighted by Gasteiger charge is -2.32. The monoisotopic (exact) mass is 383 g/mol. The van der Waals surface area contributed by atoms with E-state index in [2.05, 4.69) is 11.6 Å². The number of aryl methyl sites for hydroxylation is 1. The van der Waals surface area contributed by atoms with E-state index in [-0.39, 0.29) is 18.6 Å². The minimum Gasteiger partial charge on any atom is -0.484 e. The molecule has 1 aromatic rings. The van der Waals surface area contributed by atoms with Gasteiger partial charge in [0.2, 0.25) is 0 Å². The molecular weight excluding hydrogens is 354 g/mol. The fraction of sp³-hybridized carbons (Fsp3) is 0.611. The molecule has 1 N–H and O–H groups in total. The molecule has 1 aromatic carbocycles. The van der Waals surface area contributed by atoms with Crippen molar-refractivity contribution in [2.45, 2.75) is 38.6 Å². The molecule has 146 valence electrons. The average Bonchev–Trinajstić information content (AvgIpc) is 2.61. The predicted octanol–water partition coefficient (Wildman–Crippen LogP) is 1.40. The van der Waals surface area contributed by atoms with Crippen molar-refractivity contribution >= 4 is 16.1 Å². The van der Waals surface area contributed by atoms with Crippen LogP contribution in [0.15, 0.2) is 24.3 Å². The molecule has 1 amide bonds. The number of benzene rings is 1. The second-order valence-corrected chi connectivity index (χ2v) is 8.66. The summed E-state index contributed by atoms with van der Waals surface area (Å²) in [4.78, 5) is 14.0. The maximum Gasteiger partial charge on any atom is 0.279 e. The molecule has 26 heavy (non-hydrogen) atoms. The van der Waals surface area contributed by atoms with Crippen LogP contribution >= 0.6 is 0 Å². The summed E-state index contributed by atoms with van der Waals surface area (Å²) in [5.41, 5.74) is 1.26. The lowest BCUT2D eigenvalue weighted by molar-refractivity contribution is -0.134. The van der Waals surface area contributed by atoms with Crippen LogP contribution in [-0.4, -0.2) is 63.4 Å². The number of hydrogen-bond donors (Lipinski definition) is 1. The van der Waals surface area contributed by atoms with Gasteiger partial charge in [-0.15, -0.1) is 0 Å². The van der Waals surface area contributed by atoms with Crippen LogP contribution in [0, 0.1) is 0 Å². The van der Waals surface area contributed by atoms with Gasteiger partial charge in [-0.3, -0.25) is 4.79 Å². The van der Waals surface area contributed by atoms with Crippen LogP contribution in [0.25, 0.3) is 0 Å². The van der Waals surface area contributed by atoms with Crippen molar-refractivity contribution in [2.24, 2.45) is 0 Å². The van der Waals surface area contributed by atoms with Gasteiger partial charge in [0.15, 0.2) is 6.61 Å². The quantitative estimate of drug-likeness (QED) is 0.736. The standard InChI is InChI=1S/C18H29N3O4S/c1-4-5-15-6-8-17(9-7-15)25-14-18(22)21-12-10-16(11-13-21)19-26(23,24)20(2)3/h6-9,16,19H,4-5,10-14H2,1-3H3. The lowest BCUT2D eigenvalue weighted by Crippen LogP contribution is -2.49. The van der Waals surface area contributed by atoms with Crippen LogP contribution in [0.2, 0.25) is 0 Å². The second kappa shape index (κ2) is 9.34. The number of piperidine rings is 1. The highest BCUT2D eigenvalue weighted by atomic mass is 32.2. The Morgan fingerprint density at radius 3 is 2.38 bits per heavy atom. The van der Waals surface area contributed by atoms with Crippen molar-refractivity contribution < 1.29 is 17.9 Å². The fourth-order valence-electron chi connectivity index (χ4n) is 2.84. The summed E-state index contributed by atoms with van der Waals surface area (Å²) in [7, 11) is -0.448. The van der Waals surface area contributed by atoms with Crippen molar-refractivity contribution in [1.82, 2.24) is 13.9 Å². The van der Waals surface area contributed by atoms with Gasteiger partial charge in [0.25, 0.3) is 16.1 Å². The van der Waals surface area contributed by atoms with Crippen LogP contribution < -0.4 is 9.46 Å². The van der Waals surface area contributed by atoms with Crippen molar-refractivity contribution in [3.05, 3.63) is 29.8 Å². The Labute approximate surface area is 156 Å². The number of amides is 1. The molecule has 0 saturated carbocycles. The van der Waals surface area contributed by atoms with Gasteiger partial charge in [-0.25, -0.2) is 0 Å². The molecule has 0 spiro atoms. The number of hydrogen-bond acceptors (Lipinski definition) is 4. The summed E-state index contributed by atoms with van der Waals surface area (Å²) in [6.45, 7) is 3.19. The molecule has 0 bridgehead atoms. The number of rotatable bonds is 8. The van der Waals surface area contributed by atoms with Gasteiger partial charge >= 0.3 is 0 Å². The SMILES string of the molecule is CCCc1ccc(OCC(=O)N2CCC(NS(=O)(=O)N(C)C)CC2)cc1. The molecule has 1 fully saturated rings. The molecular formula is C18H29N3O4S. The van der Waals surface area contributed by atoms with Gasteiger partial charge in [0.05, 0.1) is 0 Å². The fourth-order valence-corrected chi connectivity index (χ4v) is 3.71. The first-order valence-corrected chi connectivity index (χ1v) is 10.4. The third kappa shape index (κ3) is 5.96. The number of nitrogens with zero attached hydrogens (tertiary/aromatic N) is 2. The maximum atomic E-state index is 12.3. The van der Waals surface area contributed by atoms with Crippen molar-refractivity contribution in [1.29, 1.82) is 0 Å². The number of carbonyl (C=O) groups is 1. The summed E-state index contributed by atoms with van der Waals surface area (Å²) in [5, 5.41) is 0. The Balaban J connectivity index is 1.76. The van der Waals surface area contributed by atoms with Crippen LogP contribution in [0.4, 0.5) is 0 Å². The minimum atomic E-state index is -3.43. The van der Waals surface area contributed by atoms with E-state index in [1.807, 2.05) is 24.3 Å². The Bertz CT molecular complexity index is 681. The zero-order valence-electron chi connectivity index (χ0n) is 15.8. The summed E-state index contributed by atoms with van der Waals surface area (Å²) in [6, 6.07) is 7.68. The zero-order valence-corrected chi connectivity index (χ0v) is 16.6. The van der Waals surface area contributed by atoms with Crippen LogP contribution in [0.5, 0.6) is 5.75 Å². The van der Waals surface area contributed by atoms with Crippen LogP contribution in [-0.2, 0) is 21.4 Å². The van der Waals surface area contributed by atoms with E-state index >= 15 is 0 Å². The Kier molecular flexibility index (Phi) is 7.43. The first-order chi connectivity index (χ1) is 12.3. The average molecular weight is 384 g/mol. The van der Waals surface area contributed by atoms with Gasteiger partial charge in [-0.1, -0.05) is 25.5 Å². The molecule has 2 rings (SSSR count). The Morgan fingerprint density at radius 2 is 1.85 bits per heavy atom. The molecule has 0 atom stereocenters. The molecule has 0 unspecified atom stereocenters. The van der Waals surface area contributed by atoms with E-state index in [1.54, 1.807) is 4.90 Å². The highest BCUT2D eigenvalue weighted by molar-refractivity contribution is 7.87. The molecule has 0 aromatic heterocycles. The maximum absolute atomic E-state index is 12.3. The largest absolute Gasteiger partial charge is 0.484 e. The van der Waals surface area contributed by atoms with Gasteiger partial charge in [-0.2, -0.15) is 17.4 Å². The highest BCUT2D eigenvalue weighted by Crippen LogP contribution is 2.15. The normalized spacial score (nSPS) is 16.1. The van der Waals surface area contributed by atoms with E-state index in [4.69, 9.17) is 4.74 Å². The Hall–Kier alpha value is -1.64. The molecule has 7 nitrogen and oxygen atoms in total. The van der Waals surface area contributed by atoms with E-state index in [0.29, 0.717) is 31.7 Å². The molecule has 1 aliphatic rings. The molecule has 1 saturated heterocycles. The van der Waals surface area contributed by atoms with E-state index < -0.39 is 10.2 Å². The first-order valence-electron chi connectivity index (χ1n) is 9.01. The minimum absolute atomic E-state index is 0.00121. The third-order valence-electron chi connectivity index (χ3n) is 4.47. The van der Waals surface area contributed by atoms with E-state index in [9.17, 15) is 13.2 Å². The van der Waals surface area contributed by atoms with Gasteiger partial charge in [-0.05, 0) is 37.0 Å². The zero-order chi connectivity index (χ0) is 19.2. The van der Waals surface area contributed by atoms with Crippen LogP contribution in [0.3, 0.4) is 0 Å². The lowest BCUT2D eigenvalue weighted by atomic mass is 10.1. The second-order valence-electron chi connectivity index (χ2n) is 6.74. The smallest absolute Gasteiger partial charge is 0.279 e. The summed E-state index contributed by atoms with van der Waals surface area (Å²) < 4.78 is 33.1. The molecule has 0 aliphatic carbocycles. The predicted molar refractivity (Wildman–Crippen MR) is 101 cm³/mol. The summed E-state index contributed by atoms with van der Waals surface area (Å²) in [5.74, 6) is 0.614. The molecule has 1 aliphatic heterocycles. The molecule has 8 heteroatoms. The summed E-state index contributed by atoms with van der Waals surface area (Å²) >= 11 is 0. The molecule has 0 radical (unpaired) electrons. The number of likely N-dealkylation sites (tertiary alicyclic amines) is 1. The van der Waals surface area contributed by atoms with E-state index in [0.717, 1.165) is 17.1 Å². The van der Waals surface area contributed by atoms with Gasteiger partial charge < -0.3 is 9.64 Å². The van der Waals surface area contributed by atoms with E-state index in [1.165, 1.54) is 19.7 Å². The first kappa shape index (κ1) is 20.7. The number of nitrogens with one attached hydrogen (secondary N) is 1. The number of carbonyl (C=O) groups excluding carboxylic acids is 1. The molecule has 1 heterocycles.